The van der Waals surface area contributed by atoms with Crippen molar-refractivity contribution in [3.8, 4) is 6.07 Å². The smallest absolute Gasteiger partial charge is 0.323 e. The van der Waals surface area contributed by atoms with Crippen molar-refractivity contribution in [1.29, 1.82) is 5.26 Å². The zero-order chi connectivity index (χ0) is 14.8. The van der Waals surface area contributed by atoms with Crippen LogP contribution in [0.3, 0.4) is 0 Å². The lowest BCUT2D eigenvalue weighted by molar-refractivity contribution is -0.131. The second kappa shape index (κ2) is 5.33. The number of hydrogen-bond donors (Lipinski definition) is 1. The second-order valence-electron chi connectivity index (χ2n) is 5.17. The highest BCUT2D eigenvalue weighted by Crippen LogP contribution is 2.24. The van der Waals surface area contributed by atoms with E-state index in [1.807, 2.05) is 6.92 Å². The van der Waals surface area contributed by atoms with Gasteiger partial charge in [-0.05, 0) is 25.0 Å². The Balaban J connectivity index is 2.24. The minimum atomic E-state index is -0.826. The van der Waals surface area contributed by atoms with E-state index in [1.165, 1.54) is 4.90 Å². The van der Waals surface area contributed by atoms with Crippen molar-refractivity contribution < 1.29 is 9.59 Å². The molecule has 5 heteroatoms. The molecule has 0 aliphatic carbocycles. The monoisotopic (exact) mass is 271 g/mol. The van der Waals surface area contributed by atoms with Crippen molar-refractivity contribution in [2.45, 2.75) is 38.8 Å². The summed E-state index contributed by atoms with van der Waals surface area (Å²) < 4.78 is 0. The lowest BCUT2D eigenvalue weighted by atomic mass is 9.96. The molecule has 1 fully saturated rings. The summed E-state index contributed by atoms with van der Waals surface area (Å²) in [5.41, 5.74) is 0.337. The predicted molar refractivity (Wildman–Crippen MR) is 73.6 cm³/mol. The fraction of sp³-hybridized carbons (Fsp3) is 0.400. The van der Waals surface area contributed by atoms with E-state index in [2.05, 4.69) is 11.4 Å². The maximum Gasteiger partial charge on any atom is 0.325 e. The first-order chi connectivity index (χ1) is 9.51. The van der Waals surface area contributed by atoms with Gasteiger partial charge in [0.1, 0.15) is 5.54 Å². The molecule has 1 aliphatic heterocycles. The Morgan fingerprint density at radius 3 is 2.70 bits per heavy atom. The molecule has 0 bridgehead atoms. The molecule has 1 unspecified atom stereocenters. The van der Waals surface area contributed by atoms with E-state index in [0.29, 0.717) is 17.5 Å². The topological polar surface area (TPSA) is 73.2 Å². The highest BCUT2D eigenvalue weighted by Gasteiger charge is 2.46. The van der Waals surface area contributed by atoms with Crippen molar-refractivity contribution in [3.05, 3.63) is 35.4 Å². The first-order valence-electron chi connectivity index (χ1n) is 6.64. The quantitative estimate of drug-likeness (QED) is 0.853. The molecule has 0 spiro atoms. The summed E-state index contributed by atoms with van der Waals surface area (Å²) in [5, 5.41) is 11.8. The van der Waals surface area contributed by atoms with E-state index < -0.39 is 11.6 Å². The van der Waals surface area contributed by atoms with E-state index in [0.717, 1.165) is 6.42 Å². The zero-order valence-corrected chi connectivity index (χ0v) is 11.6. The molecule has 1 aliphatic rings. The third kappa shape index (κ3) is 2.37. The number of nitrogens with one attached hydrogen (secondary N) is 1. The number of carbonyl (C=O) groups excluding carboxylic acids is 2. The number of rotatable bonds is 4. The van der Waals surface area contributed by atoms with E-state index >= 15 is 0 Å². The SMILES string of the molecule is CCCC1(C)NC(=O)N(Cc2ccccc2C#N)C1=O. The second-order valence-corrected chi connectivity index (χ2v) is 5.17. The lowest BCUT2D eigenvalue weighted by Gasteiger charge is -2.20. The molecule has 20 heavy (non-hydrogen) atoms. The Morgan fingerprint density at radius 2 is 2.05 bits per heavy atom. The normalized spacial score (nSPS) is 21.8. The number of hydrogen-bond acceptors (Lipinski definition) is 3. The summed E-state index contributed by atoms with van der Waals surface area (Å²) in [4.78, 5) is 25.6. The van der Waals surface area contributed by atoms with Gasteiger partial charge in [0.25, 0.3) is 5.91 Å². The van der Waals surface area contributed by atoms with Gasteiger partial charge < -0.3 is 5.32 Å². The van der Waals surface area contributed by atoms with Gasteiger partial charge in [-0.2, -0.15) is 5.26 Å². The molecule has 104 valence electrons. The number of carbonyl (C=O) groups is 2. The van der Waals surface area contributed by atoms with Crippen LogP contribution in [0.1, 0.15) is 37.8 Å². The van der Waals surface area contributed by atoms with Gasteiger partial charge in [0.2, 0.25) is 0 Å². The van der Waals surface area contributed by atoms with Crippen molar-refractivity contribution in [1.82, 2.24) is 10.2 Å². The Labute approximate surface area is 118 Å². The first kappa shape index (κ1) is 14.1. The van der Waals surface area contributed by atoms with E-state index in [-0.39, 0.29) is 12.5 Å². The molecule has 0 aromatic heterocycles. The largest absolute Gasteiger partial charge is 0.325 e. The molecular weight excluding hydrogens is 254 g/mol. The number of nitriles is 1. The van der Waals surface area contributed by atoms with Gasteiger partial charge in [0.15, 0.2) is 0 Å². The molecule has 3 amide bonds. The summed E-state index contributed by atoms with van der Waals surface area (Å²) in [6.45, 7) is 3.85. The number of urea groups is 1. The average molecular weight is 271 g/mol. The van der Waals surface area contributed by atoms with Crippen molar-refractivity contribution >= 4 is 11.9 Å². The van der Waals surface area contributed by atoms with Crippen LogP contribution in [0.25, 0.3) is 0 Å². The van der Waals surface area contributed by atoms with Crippen LogP contribution in [0.2, 0.25) is 0 Å². The van der Waals surface area contributed by atoms with E-state index in [9.17, 15) is 9.59 Å². The van der Waals surface area contributed by atoms with E-state index in [1.54, 1.807) is 31.2 Å². The number of benzene rings is 1. The molecule has 1 atom stereocenters. The Kier molecular flexibility index (Phi) is 3.75. The van der Waals surface area contributed by atoms with Gasteiger partial charge in [0, 0.05) is 0 Å². The van der Waals surface area contributed by atoms with Gasteiger partial charge in [-0.1, -0.05) is 31.5 Å². The fourth-order valence-electron chi connectivity index (χ4n) is 2.50. The summed E-state index contributed by atoms with van der Waals surface area (Å²) >= 11 is 0. The van der Waals surface area contributed by atoms with E-state index in [4.69, 9.17) is 5.26 Å². The molecule has 1 aromatic rings. The van der Waals surface area contributed by atoms with Crippen LogP contribution in [0.4, 0.5) is 4.79 Å². The molecule has 0 radical (unpaired) electrons. The van der Waals surface area contributed by atoms with Gasteiger partial charge in [0.05, 0.1) is 18.2 Å². The molecule has 5 nitrogen and oxygen atoms in total. The molecule has 0 saturated carbocycles. The number of amides is 3. The predicted octanol–water partition coefficient (Wildman–Crippen LogP) is 2.17. The molecular formula is C15H17N3O2. The van der Waals surface area contributed by atoms with Gasteiger partial charge >= 0.3 is 6.03 Å². The van der Waals surface area contributed by atoms with Crippen LogP contribution >= 0.6 is 0 Å². The van der Waals surface area contributed by atoms with Crippen molar-refractivity contribution in [2.75, 3.05) is 0 Å². The van der Waals surface area contributed by atoms with Crippen LogP contribution in [-0.4, -0.2) is 22.4 Å². The molecule has 1 saturated heterocycles. The Hall–Kier alpha value is -2.35. The molecule has 2 rings (SSSR count). The summed E-state index contributed by atoms with van der Waals surface area (Å²) in [7, 11) is 0. The minimum Gasteiger partial charge on any atom is -0.323 e. The Bertz CT molecular complexity index is 591. The first-order valence-corrected chi connectivity index (χ1v) is 6.64. The maximum atomic E-state index is 12.4. The van der Waals surface area contributed by atoms with Crippen LogP contribution < -0.4 is 5.32 Å². The van der Waals surface area contributed by atoms with Crippen LogP contribution in [0.15, 0.2) is 24.3 Å². The summed E-state index contributed by atoms with van der Waals surface area (Å²) in [5.74, 6) is -0.225. The highest BCUT2D eigenvalue weighted by atomic mass is 16.2. The van der Waals surface area contributed by atoms with Gasteiger partial charge in [-0.3, -0.25) is 9.69 Å². The summed E-state index contributed by atoms with van der Waals surface area (Å²) in [6.07, 6.45) is 1.42. The van der Waals surface area contributed by atoms with Gasteiger partial charge in [-0.15, -0.1) is 0 Å². The Morgan fingerprint density at radius 1 is 1.35 bits per heavy atom. The summed E-state index contributed by atoms with van der Waals surface area (Å²) in [6, 6.07) is 8.67. The lowest BCUT2D eigenvalue weighted by Crippen LogP contribution is -2.43. The third-order valence-corrected chi connectivity index (χ3v) is 3.56. The maximum absolute atomic E-state index is 12.4. The van der Waals surface area contributed by atoms with Crippen LogP contribution in [0.5, 0.6) is 0 Å². The van der Waals surface area contributed by atoms with Crippen LogP contribution in [-0.2, 0) is 11.3 Å². The van der Waals surface area contributed by atoms with Crippen molar-refractivity contribution in [2.24, 2.45) is 0 Å². The van der Waals surface area contributed by atoms with Crippen molar-refractivity contribution in [3.63, 3.8) is 0 Å². The fourth-order valence-corrected chi connectivity index (χ4v) is 2.50. The van der Waals surface area contributed by atoms with Gasteiger partial charge in [-0.25, -0.2) is 4.79 Å². The molecule has 1 aromatic carbocycles. The highest BCUT2D eigenvalue weighted by molar-refractivity contribution is 6.06. The molecule has 1 heterocycles. The minimum absolute atomic E-state index is 0.133. The number of imide groups is 1. The zero-order valence-electron chi connectivity index (χ0n) is 11.6. The average Bonchev–Trinajstić information content (AvgIpc) is 2.63. The standard InChI is InChI=1S/C15H17N3O2/c1-3-8-15(2)13(19)18(14(20)17-15)10-12-7-5-4-6-11(12)9-16/h4-7H,3,8,10H2,1-2H3,(H,17,20). The third-order valence-electron chi connectivity index (χ3n) is 3.56. The molecule has 1 N–H and O–H groups in total. The van der Waals surface area contributed by atoms with Crippen LogP contribution in [0, 0.1) is 11.3 Å². The number of nitrogens with zero attached hydrogens (tertiary/aromatic N) is 2.